The third-order valence-electron chi connectivity index (χ3n) is 7.00. The number of hydrogen-bond acceptors (Lipinski definition) is 4. The predicted octanol–water partition coefficient (Wildman–Crippen LogP) is 9.68. The van der Waals surface area contributed by atoms with Gasteiger partial charge in [-0.25, -0.2) is 0 Å². The van der Waals surface area contributed by atoms with Gasteiger partial charge in [0.05, 0.1) is 6.61 Å². The second-order valence-corrected chi connectivity index (χ2v) is 11.4. The molecule has 0 aromatic rings. The summed E-state index contributed by atoms with van der Waals surface area (Å²) in [5.74, 6) is -0.164. The monoisotopic (exact) mass is 576 g/mol. The molecule has 4 nitrogen and oxygen atoms in total. The Balaban J connectivity index is 3.39. The number of aliphatic hydroxyl groups is 1. The zero-order valence-corrected chi connectivity index (χ0v) is 25.5. The molecule has 36 heavy (non-hydrogen) atoms. The number of esters is 1. The number of unbranched alkanes of at least 4 members (excludes halogenated alkanes) is 21. The van der Waals surface area contributed by atoms with Crippen molar-refractivity contribution in [2.24, 2.45) is 0 Å². The van der Waals surface area contributed by atoms with Crippen LogP contribution in [0.1, 0.15) is 161 Å². The summed E-state index contributed by atoms with van der Waals surface area (Å²) in [7, 11) is 0. The van der Waals surface area contributed by atoms with E-state index in [1.807, 2.05) is 0 Å². The minimum absolute atomic E-state index is 0.0957. The van der Waals surface area contributed by atoms with Gasteiger partial charge in [-0.3, -0.25) is 4.79 Å². The van der Waals surface area contributed by atoms with Crippen molar-refractivity contribution in [3.63, 3.8) is 0 Å². The molecular formula is C31H61BrO4. The van der Waals surface area contributed by atoms with Crippen LogP contribution in [-0.4, -0.2) is 42.3 Å². The maximum Gasteiger partial charge on any atom is 0.305 e. The lowest BCUT2D eigenvalue weighted by Crippen LogP contribution is -2.26. The van der Waals surface area contributed by atoms with Gasteiger partial charge in [0.25, 0.3) is 0 Å². The molecule has 0 heterocycles. The first-order valence-electron chi connectivity index (χ1n) is 15.7. The molecule has 0 amide bonds. The van der Waals surface area contributed by atoms with Gasteiger partial charge in [-0.1, -0.05) is 151 Å². The second-order valence-electron chi connectivity index (χ2n) is 10.6. The van der Waals surface area contributed by atoms with Crippen LogP contribution in [0.25, 0.3) is 0 Å². The van der Waals surface area contributed by atoms with Crippen LogP contribution in [0, 0.1) is 0 Å². The summed E-state index contributed by atoms with van der Waals surface area (Å²) in [5.41, 5.74) is 0. The highest BCUT2D eigenvalue weighted by atomic mass is 79.9. The molecule has 0 aliphatic heterocycles. The van der Waals surface area contributed by atoms with E-state index in [9.17, 15) is 9.90 Å². The molecule has 0 rings (SSSR count). The maximum atomic E-state index is 11.9. The van der Waals surface area contributed by atoms with Crippen molar-refractivity contribution in [2.75, 3.05) is 25.2 Å². The summed E-state index contributed by atoms with van der Waals surface area (Å²) in [6.45, 7) is 2.98. The fourth-order valence-electron chi connectivity index (χ4n) is 4.56. The van der Waals surface area contributed by atoms with E-state index >= 15 is 0 Å². The van der Waals surface area contributed by atoms with Crippen molar-refractivity contribution in [1.82, 2.24) is 0 Å². The summed E-state index contributed by atoms with van der Waals surface area (Å²) in [6.07, 6.45) is 29.8. The lowest BCUT2D eigenvalue weighted by atomic mass is 10.0. The highest BCUT2D eigenvalue weighted by Gasteiger charge is 2.11. The zero-order valence-electron chi connectivity index (χ0n) is 23.9. The van der Waals surface area contributed by atoms with E-state index in [1.54, 1.807) is 0 Å². The molecule has 1 atom stereocenters. The number of aliphatic hydroxyl groups excluding tert-OH is 1. The lowest BCUT2D eigenvalue weighted by molar-refractivity contribution is -0.149. The standard InChI is InChI=1S/C31H61BrO4/c1-2-3-4-5-6-7-8-9-10-11-15-18-21-24-27-35-30(28-33)29-36-31(34)25-22-19-16-13-12-14-17-20-23-26-32/h30,33H,2-29H2,1H3. The summed E-state index contributed by atoms with van der Waals surface area (Å²) in [4.78, 5) is 11.9. The van der Waals surface area contributed by atoms with Gasteiger partial charge < -0.3 is 14.6 Å². The molecule has 0 aliphatic rings. The number of ether oxygens (including phenoxy) is 2. The van der Waals surface area contributed by atoms with Crippen LogP contribution in [0.5, 0.6) is 0 Å². The maximum absolute atomic E-state index is 11.9. The van der Waals surface area contributed by atoms with Gasteiger partial charge in [0.2, 0.25) is 0 Å². The summed E-state index contributed by atoms with van der Waals surface area (Å²) in [5, 5.41) is 10.6. The number of alkyl halides is 1. The molecule has 216 valence electrons. The molecule has 1 unspecified atom stereocenters. The molecule has 0 saturated carbocycles. The molecule has 0 aliphatic carbocycles. The van der Waals surface area contributed by atoms with Crippen molar-refractivity contribution in [3.05, 3.63) is 0 Å². The molecule has 5 heteroatoms. The highest BCUT2D eigenvalue weighted by molar-refractivity contribution is 9.09. The molecule has 0 aromatic carbocycles. The van der Waals surface area contributed by atoms with Crippen molar-refractivity contribution in [1.29, 1.82) is 0 Å². The van der Waals surface area contributed by atoms with Crippen molar-refractivity contribution in [3.8, 4) is 0 Å². The second kappa shape index (κ2) is 31.1. The number of carbonyl (C=O) groups is 1. The smallest absolute Gasteiger partial charge is 0.305 e. The van der Waals surface area contributed by atoms with Gasteiger partial charge in [-0.15, -0.1) is 0 Å². The first-order valence-corrected chi connectivity index (χ1v) is 16.8. The SMILES string of the molecule is CCCCCCCCCCCCCCCCOC(CO)COC(=O)CCCCCCCCCCCBr. The normalized spacial score (nSPS) is 12.2. The minimum Gasteiger partial charge on any atom is -0.463 e. The van der Waals surface area contributed by atoms with Gasteiger partial charge in [0, 0.05) is 18.4 Å². The molecule has 1 N–H and O–H groups in total. The van der Waals surface area contributed by atoms with Gasteiger partial charge in [0.1, 0.15) is 12.7 Å². The average molecular weight is 578 g/mol. The molecule has 0 radical (unpaired) electrons. The Morgan fingerprint density at radius 3 is 1.50 bits per heavy atom. The van der Waals surface area contributed by atoms with E-state index in [4.69, 9.17) is 9.47 Å². The summed E-state index contributed by atoms with van der Waals surface area (Å²) in [6, 6.07) is 0. The molecule has 0 aromatic heterocycles. The highest BCUT2D eigenvalue weighted by Crippen LogP contribution is 2.14. The summed E-state index contributed by atoms with van der Waals surface area (Å²) < 4.78 is 11.0. The average Bonchev–Trinajstić information content (AvgIpc) is 2.89. The zero-order chi connectivity index (χ0) is 26.4. The minimum atomic E-state index is -0.388. The van der Waals surface area contributed by atoms with Crippen molar-refractivity contribution in [2.45, 2.75) is 167 Å². The van der Waals surface area contributed by atoms with Gasteiger partial charge in [-0.2, -0.15) is 0 Å². The fraction of sp³-hybridized carbons (Fsp3) is 0.968. The lowest BCUT2D eigenvalue weighted by Gasteiger charge is -2.15. The molecule has 0 spiro atoms. The quantitative estimate of drug-likeness (QED) is 0.0525. The van der Waals surface area contributed by atoms with Crippen molar-refractivity contribution < 1.29 is 19.4 Å². The topological polar surface area (TPSA) is 55.8 Å². The Labute approximate surface area is 233 Å². The first-order chi connectivity index (χ1) is 17.7. The third-order valence-corrected chi connectivity index (χ3v) is 7.56. The van der Waals surface area contributed by atoms with Gasteiger partial charge in [0.15, 0.2) is 0 Å². The largest absolute Gasteiger partial charge is 0.463 e. The Morgan fingerprint density at radius 1 is 0.639 bits per heavy atom. The third kappa shape index (κ3) is 28.4. The molecular weight excluding hydrogens is 516 g/mol. The van der Waals surface area contributed by atoms with Crippen molar-refractivity contribution >= 4 is 21.9 Å². The number of carbonyl (C=O) groups excluding carboxylic acids is 1. The van der Waals surface area contributed by atoms with Crippen LogP contribution in [0.3, 0.4) is 0 Å². The van der Waals surface area contributed by atoms with Crippen LogP contribution >= 0.6 is 15.9 Å². The number of halogens is 1. The first kappa shape index (κ1) is 35.9. The van der Waals surface area contributed by atoms with Crippen LogP contribution in [0.4, 0.5) is 0 Å². The summed E-state index contributed by atoms with van der Waals surface area (Å²) >= 11 is 3.47. The van der Waals surface area contributed by atoms with Gasteiger partial charge >= 0.3 is 5.97 Å². The molecule has 0 bridgehead atoms. The van der Waals surface area contributed by atoms with E-state index < -0.39 is 0 Å². The Hall–Kier alpha value is -0.130. The van der Waals surface area contributed by atoms with E-state index in [2.05, 4.69) is 22.9 Å². The van der Waals surface area contributed by atoms with E-state index in [1.165, 1.54) is 128 Å². The number of rotatable bonds is 30. The van der Waals surface area contributed by atoms with E-state index in [0.29, 0.717) is 13.0 Å². The Bertz CT molecular complexity index is 433. The molecule has 0 fully saturated rings. The van der Waals surface area contributed by atoms with Crippen LogP contribution in [0.15, 0.2) is 0 Å². The Kier molecular flexibility index (Phi) is 31.0. The predicted molar refractivity (Wildman–Crippen MR) is 158 cm³/mol. The van der Waals surface area contributed by atoms with Crippen LogP contribution in [-0.2, 0) is 14.3 Å². The number of hydrogen-bond donors (Lipinski definition) is 1. The van der Waals surface area contributed by atoms with Crippen LogP contribution < -0.4 is 0 Å². The van der Waals surface area contributed by atoms with E-state index in [-0.39, 0.29) is 25.3 Å². The molecule has 0 saturated heterocycles. The van der Waals surface area contributed by atoms with Gasteiger partial charge in [-0.05, 0) is 19.3 Å². The fourth-order valence-corrected chi connectivity index (χ4v) is 4.96. The van der Waals surface area contributed by atoms with E-state index in [0.717, 1.165) is 24.6 Å². The Morgan fingerprint density at radius 2 is 1.06 bits per heavy atom. The van der Waals surface area contributed by atoms with Crippen LogP contribution in [0.2, 0.25) is 0 Å².